The van der Waals surface area contributed by atoms with Gasteiger partial charge < -0.3 is 15.3 Å². The van der Waals surface area contributed by atoms with Crippen LogP contribution in [0, 0.1) is 29.1 Å². The van der Waals surface area contributed by atoms with Gasteiger partial charge in [-0.15, -0.1) is 0 Å². The van der Waals surface area contributed by atoms with Gasteiger partial charge in [0.05, 0.1) is 22.8 Å². The van der Waals surface area contributed by atoms with E-state index in [4.69, 9.17) is 0 Å². The average molecular weight is 625 g/mol. The number of halogens is 6. The molecule has 2 fully saturated rings. The Bertz CT molecular complexity index is 1260. The molecule has 1 aliphatic heterocycles. The highest BCUT2D eigenvalue weighted by molar-refractivity contribution is 5.96. The number of anilines is 1. The van der Waals surface area contributed by atoms with Gasteiger partial charge in [-0.05, 0) is 80.8 Å². The molecule has 2 N–H and O–H groups in total. The molecule has 6 nitrogen and oxygen atoms in total. The Hall–Kier alpha value is -3.46. The van der Waals surface area contributed by atoms with E-state index in [0.29, 0.717) is 57.4 Å². The summed E-state index contributed by atoms with van der Waals surface area (Å²) in [5.74, 6) is 0.323. The molecule has 1 amide bonds. The van der Waals surface area contributed by atoms with Crippen LogP contribution in [0.4, 0.5) is 32.0 Å². The Morgan fingerprint density at radius 1 is 0.955 bits per heavy atom. The molecule has 0 bridgehead atoms. The summed E-state index contributed by atoms with van der Waals surface area (Å²) in [4.78, 5) is 16.0. The number of carbonyl (C=O) groups is 1. The van der Waals surface area contributed by atoms with E-state index in [1.807, 2.05) is 0 Å². The topological polar surface area (TPSA) is 79.6 Å². The van der Waals surface area contributed by atoms with E-state index >= 15 is 0 Å². The Kier molecular flexibility index (Phi) is 11.1. The molecule has 0 spiro atoms. The number of phenols is 1. The summed E-state index contributed by atoms with van der Waals surface area (Å²) >= 11 is 0. The van der Waals surface area contributed by atoms with Gasteiger partial charge in [-0.1, -0.05) is 25.0 Å². The van der Waals surface area contributed by atoms with E-state index in [0.717, 1.165) is 50.8 Å². The molecule has 2 aromatic carbocycles. The van der Waals surface area contributed by atoms with Crippen molar-refractivity contribution in [2.24, 2.45) is 17.8 Å². The molecule has 1 atom stereocenters. The summed E-state index contributed by atoms with van der Waals surface area (Å²) in [6.45, 7) is 3.06. The van der Waals surface area contributed by atoms with Gasteiger partial charge in [-0.3, -0.25) is 9.69 Å². The van der Waals surface area contributed by atoms with E-state index in [1.54, 1.807) is 23.1 Å². The molecule has 0 aromatic heterocycles. The van der Waals surface area contributed by atoms with Crippen LogP contribution in [0.2, 0.25) is 0 Å². The first-order chi connectivity index (χ1) is 20.8. The summed E-state index contributed by atoms with van der Waals surface area (Å²) in [7, 11) is 0. The lowest BCUT2D eigenvalue weighted by Gasteiger charge is -2.38. The van der Waals surface area contributed by atoms with Crippen molar-refractivity contribution in [3.8, 4) is 11.8 Å². The minimum Gasteiger partial charge on any atom is -0.507 e. The number of benzene rings is 2. The van der Waals surface area contributed by atoms with E-state index in [9.17, 15) is 41.5 Å². The number of aromatic hydroxyl groups is 1. The van der Waals surface area contributed by atoms with Crippen molar-refractivity contribution in [2.45, 2.75) is 57.3 Å². The Balaban J connectivity index is 1.16. The third kappa shape index (κ3) is 9.03. The van der Waals surface area contributed by atoms with E-state index in [-0.39, 0.29) is 34.9 Å². The van der Waals surface area contributed by atoms with Crippen LogP contribution in [0.25, 0.3) is 0 Å². The lowest BCUT2D eigenvalue weighted by atomic mass is 9.74. The maximum Gasteiger partial charge on any atom is 0.416 e. The van der Waals surface area contributed by atoms with Crippen LogP contribution in [-0.4, -0.2) is 55.2 Å². The van der Waals surface area contributed by atoms with Gasteiger partial charge >= 0.3 is 12.4 Å². The van der Waals surface area contributed by atoms with Crippen molar-refractivity contribution in [3.63, 3.8) is 0 Å². The zero-order valence-electron chi connectivity index (χ0n) is 24.4. The largest absolute Gasteiger partial charge is 0.507 e. The molecular weight excluding hydrogens is 586 g/mol. The van der Waals surface area contributed by atoms with Gasteiger partial charge in [-0.25, -0.2) is 0 Å². The summed E-state index contributed by atoms with van der Waals surface area (Å²) in [6, 6.07) is 10.5. The lowest BCUT2D eigenvalue weighted by molar-refractivity contribution is -0.143. The number of rotatable bonds is 10. The second-order valence-electron chi connectivity index (χ2n) is 11.8. The lowest BCUT2D eigenvalue weighted by Crippen LogP contribution is -2.47. The monoisotopic (exact) mass is 624 g/mol. The molecule has 1 saturated carbocycles. The van der Waals surface area contributed by atoms with Crippen LogP contribution in [-0.2, 0) is 12.4 Å². The SMILES string of the molecule is N#CC(CCCNC(=O)c1ccccc1O)C1CCC(CCN2CCN(c3cc(C(F)(F)F)cc(C(F)(F)F)c3)CC2)CC1. The highest BCUT2D eigenvalue weighted by Crippen LogP contribution is 2.39. The molecule has 1 aliphatic carbocycles. The summed E-state index contributed by atoms with van der Waals surface area (Å²) < 4.78 is 79.6. The van der Waals surface area contributed by atoms with E-state index in [1.165, 1.54) is 6.07 Å². The van der Waals surface area contributed by atoms with Crippen LogP contribution < -0.4 is 10.2 Å². The van der Waals surface area contributed by atoms with Crippen molar-refractivity contribution in [3.05, 3.63) is 59.2 Å². The van der Waals surface area contributed by atoms with E-state index in [2.05, 4.69) is 16.3 Å². The maximum absolute atomic E-state index is 13.3. The fourth-order valence-electron chi connectivity index (χ4n) is 6.29. The number of carbonyl (C=O) groups excluding carboxylic acids is 1. The first kappa shape index (κ1) is 33.4. The highest BCUT2D eigenvalue weighted by atomic mass is 19.4. The first-order valence-corrected chi connectivity index (χ1v) is 15.1. The maximum atomic E-state index is 13.3. The number of nitrogens with one attached hydrogen (secondary N) is 1. The normalized spacial score (nSPS) is 20.6. The predicted octanol–water partition coefficient (Wildman–Crippen LogP) is 7.10. The minimum atomic E-state index is -4.87. The summed E-state index contributed by atoms with van der Waals surface area (Å²) in [6.07, 6.45) is -3.48. The Labute approximate surface area is 253 Å². The molecule has 1 saturated heterocycles. The Morgan fingerprint density at radius 2 is 1.57 bits per heavy atom. The molecule has 0 radical (unpaired) electrons. The van der Waals surface area contributed by atoms with Crippen molar-refractivity contribution >= 4 is 11.6 Å². The van der Waals surface area contributed by atoms with Crippen LogP contribution in [0.3, 0.4) is 0 Å². The number of piperazine rings is 1. The van der Waals surface area contributed by atoms with Crippen molar-refractivity contribution in [1.29, 1.82) is 5.26 Å². The minimum absolute atomic E-state index is 0.0601. The number of para-hydroxylation sites is 1. The number of hydrogen-bond donors (Lipinski definition) is 2. The van der Waals surface area contributed by atoms with E-state index < -0.39 is 23.5 Å². The average Bonchev–Trinajstić information content (AvgIpc) is 3.00. The van der Waals surface area contributed by atoms with Crippen LogP contribution in [0.5, 0.6) is 5.75 Å². The zero-order chi connectivity index (χ0) is 31.9. The van der Waals surface area contributed by atoms with Crippen molar-refractivity contribution in [2.75, 3.05) is 44.2 Å². The van der Waals surface area contributed by atoms with Crippen molar-refractivity contribution < 1.29 is 36.2 Å². The standard InChI is InChI=1S/C32H38F6N4O2/c33-31(34,35)25-18-26(32(36,37)38)20-27(19-25)42-16-14-41(15-17-42)13-11-22-7-9-23(10-8-22)24(21-39)4-3-12-40-30(44)28-5-1-2-6-29(28)43/h1-2,5-6,18-20,22-24,43H,3-4,7-17H2,(H,40,44). The number of nitrogens with zero attached hydrogens (tertiary/aromatic N) is 3. The fourth-order valence-corrected chi connectivity index (χ4v) is 6.29. The number of phenolic OH excluding ortho intramolecular Hbond substituents is 1. The Morgan fingerprint density at radius 3 is 2.14 bits per heavy atom. The first-order valence-electron chi connectivity index (χ1n) is 15.1. The van der Waals surface area contributed by atoms with Gasteiger partial charge in [0.2, 0.25) is 0 Å². The van der Waals surface area contributed by atoms with Crippen LogP contribution in [0.15, 0.2) is 42.5 Å². The molecule has 2 aromatic rings. The second kappa shape index (κ2) is 14.5. The molecule has 2 aliphatic rings. The van der Waals surface area contributed by atoms with Gasteiger partial charge in [0.15, 0.2) is 0 Å². The second-order valence-corrected chi connectivity index (χ2v) is 11.8. The van der Waals surface area contributed by atoms with Crippen molar-refractivity contribution in [1.82, 2.24) is 10.2 Å². The molecular formula is C32H38F6N4O2. The molecule has 4 rings (SSSR count). The molecule has 1 unspecified atom stereocenters. The van der Waals surface area contributed by atoms with Crippen LogP contribution >= 0.6 is 0 Å². The third-order valence-electron chi connectivity index (χ3n) is 8.92. The highest BCUT2D eigenvalue weighted by Gasteiger charge is 2.37. The summed E-state index contributed by atoms with van der Waals surface area (Å²) in [5.41, 5.74) is -2.43. The summed E-state index contributed by atoms with van der Waals surface area (Å²) in [5, 5.41) is 22.4. The number of amides is 1. The van der Waals surface area contributed by atoms with Crippen LogP contribution in [0.1, 0.15) is 66.4 Å². The number of hydrogen-bond acceptors (Lipinski definition) is 5. The predicted molar refractivity (Wildman–Crippen MR) is 154 cm³/mol. The quantitative estimate of drug-likeness (QED) is 0.218. The number of alkyl halides is 6. The third-order valence-corrected chi connectivity index (χ3v) is 8.92. The van der Waals surface area contributed by atoms with Gasteiger partial charge in [0.1, 0.15) is 5.75 Å². The molecule has 1 heterocycles. The number of nitriles is 1. The van der Waals surface area contributed by atoms with Gasteiger partial charge in [0, 0.05) is 44.3 Å². The smallest absolute Gasteiger partial charge is 0.416 e. The fraction of sp³-hybridized carbons (Fsp3) is 0.562. The molecule has 240 valence electrons. The van der Waals surface area contributed by atoms with Gasteiger partial charge in [0.25, 0.3) is 5.91 Å². The zero-order valence-corrected chi connectivity index (χ0v) is 24.4. The molecule has 12 heteroatoms. The van der Waals surface area contributed by atoms with Gasteiger partial charge in [-0.2, -0.15) is 31.6 Å². The molecule has 44 heavy (non-hydrogen) atoms.